The first kappa shape index (κ1) is 26.1. The number of rotatable bonds is 11. The Bertz CT molecular complexity index is 798. The fourth-order valence-electron chi connectivity index (χ4n) is 6.06. The average molecular weight is 485 g/mol. The summed E-state index contributed by atoms with van der Waals surface area (Å²) in [6, 6.07) is 10.3. The minimum atomic E-state index is -1.02. The highest BCUT2D eigenvalue weighted by atomic mass is 16.5. The molecule has 1 aliphatic carbocycles. The standard InChI is InChI=1S/C28H44N4O3/c29-26(33)28(12-4-5-13-28)27(34)30-25(21-23-7-2-1-3-8-23)9-6-14-31-15-17-32(18-16-31)22-24-10-19-35-20-11-24/h1-3,7-8,24-25H,4-6,9-22H2,(H2,29,33)(H,30,34). The molecule has 3 aliphatic rings. The summed E-state index contributed by atoms with van der Waals surface area (Å²) in [6.07, 6.45) is 8.03. The molecular formula is C28H44N4O3. The number of nitrogens with one attached hydrogen (secondary N) is 1. The minimum absolute atomic E-state index is 0.0107. The maximum absolute atomic E-state index is 13.2. The molecule has 0 bridgehead atoms. The van der Waals surface area contributed by atoms with Crippen molar-refractivity contribution >= 4 is 11.8 Å². The summed E-state index contributed by atoms with van der Waals surface area (Å²) in [7, 11) is 0. The zero-order valence-electron chi connectivity index (χ0n) is 21.3. The number of benzene rings is 1. The van der Waals surface area contributed by atoms with E-state index in [4.69, 9.17) is 10.5 Å². The van der Waals surface area contributed by atoms with Gasteiger partial charge in [0.2, 0.25) is 11.8 Å². The third-order valence-electron chi connectivity index (χ3n) is 8.37. The van der Waals surface area contributed by atoms with E-state index in [0.717, 1.165) is 84.0 Å². The van der Waals surface area contributed by atoms with Crippen molar-refractivity contribution in [1.82, 2.24) is 15.1 Å². The monoisotopic (exact) mass is 484 g/mol. The molecule has 0 aromatic heterocycles. The molecule has 1 unspecified atom stereocenters. The fourth-order valence-corrected chi connectivity index (χ4v) is 6.06. The van der Waals surface area contributed by atoms with Gasteiger partial charge in [0, 0.05) is 52.0 Å². The normalized spacial score (nSPS) is 22.6. The number of nitrogens with two attached hydrogens (primary N) is 1. The van der Waals surface area contributed by atoms with Gasteiger partial charge < -0.3 is 25.6 Å². The Morgan fingerprint density at radius 2 is 1.69 bits per heavy atom. The van der Waals surface area contributed by atoms with E-state index in [-0.39, 0.29) is 11.9 Å². The van der Waals surface area contributed by atoms with E-state index in [2.05, 4.69) is 27.2 Å². The number of carbonyl (C=O) groups is 2. The van der Waals surface area contributed by atoms with Crippen molar-refractivity contribution in [2.45, 2.75) is 63.8 Å². The second-order valence-corrected chi connectivity index (χ2v) is 10.9. The van der Waals surface area contributed by atoms with Crippen molar-refractivity contribution in [3.8, 4) is 0 Å². The van der Waals surface area contributed by atoms with Gasteiger partial charge in [-0.15, -0.1) is 0 Å². The van der Waals surface area contributed by atoms with Crippen LogP contribution < -0.4 is 11.1 Å². The molecule has 2 aliphatic heterocycles. The lowest BCUT2D eigenvalue weighted by Crippen LogP contribution is -2.51. The van der Waals surface area contributed by atoms with Gasteiger partial charge in [0.25, 0.3) is 0 Å². The fraction of sp³-hybridized carbons (Fsp3) is 0.714. The van der Waals surface area contributed by atoms with Gasteiger partial charge in [-0.25, -0.2) is 0 Å². The van der Waals surface area contributed by atoms with Gasteiger partial charge >= 0.3 is 0 Å². The molecule has 3 N–H and O–H groups in total. The number of carbonyl (C=O) groups excluding carboxylic acids is 2. The average Bonchev–Trinajstić information content (AvgIpc) is 3.38. The largest absolute Gasteiger partial charge is 0.381 e. The first-order chi connectivity index (χ1) is 17.0. The van der Waals surface area contributed by atoms with Gasteiger partial charge in [-0.2, -0.15) is 0 Å². The van der Waals surface area contributed by atoms with Crippen molar-refractivity contribution in [3.05, 3.63) is 35.9 Å². The predicted molar refractivity (Wildman–Crippen MR) is 138 cm³/mol. The molecule has 1 atom stereocenters. The van der Waals surface area contributed by atoms with Gasteiger partial charge in [0.15, 0.2) is 0 Å². The maximum atomic E-state index is 13.2. The topological polar surface area (TPSA) is 87.9 Å². The van der Waals surface area contributed by atoms with E-state index >= 15 is 0 Å². The molecule has 2 amide bonds. The van der Waals surface area contributed by atoms with E-state index in [9.17, 15) is 9.59 Å². The van der Waals surface area contributed by atoms with Crippen LogP contribution in [-0.4, -0.2) is 80.1 Å². The van der Waals surface area contributed by atoms with Crippen LogP contribution in [0.1, 0.15) is 56.9 Å². The predicted octanol–water partition coefficient (Wildman–Crippen LogP) is 2.58. The van der Waals surface area contributed by atoms with Crippen molar-refractivity contribution < 1.29 is 14.3 Å². The van der Waals surface area contributed by atoms with E-state index in [0.29, 0.717) is 12.8 Å². The Hall–Kier alpha value is -1.96. The molecule has 2 saturated heterocycles. The number of amides is 2. The van der Waals surface area contributed by atoms with E-state index < -0.39 is 11.3 Å². The second-order valence-electron chi connectivity index (χ2n) is 10.9. The summed E-state index contributed by atoms with van der Waals surface area (Å²) in [5, 5.41) is 3.24. The quantitative estimate of drug-likeness (QED) is 0.472. The number of hydrogen-bond donors (Lipinski definition) is 2. The third-order valence-corrected chi connectivity index (χ3v) is 8.37. The first-order valence-electron chi connectivity index (χ1n) is 13.7. The Labute approximate surface area is 210 Å². The molecule has 4 rings (SSSR count). The number of piperazine rings is 1. The SMILES string of the molecule is NC(=O)C1(C(=O)NC(CCCN2CCN(CC3CCOCC3)CC2)Cc2ccccc2)CCCC1. The van der Waals surface area contributed by atoms with E-state index in [1.54, 1.807) is 0 Å². The lowest BCUT2D eigenvalue weighted by molar-refractivity contribution is -0.141. The molecule has 7 nitrogen and oxygen atoms in total. The van der Waals surface area contributed by atoms with Crippen molar-refractivity contribution in [3.63, 3.8) is 0 Å². The molecule has 1 aromatic carbocycles. The van der Waals surface area contributed by atoms with Crippen LogP contribution in [0.25, 0.3) is 0 Å². The van der Waals surface area contributed by atoms with Crippen LogP contribution in [0.4, 0.5) is 0 Å². The van der Waals surface area contributed by atoms with Gasteiger partial charge in [-0.1, -0.05) is 43.2 Å². The number of nitrogens with zero attached hydrogens (tertiary/aromatic N) is 2. The summed E-state index contributed by atoms with van der Waals surface area (Å²) in [5.41, 5.74) is 5.90. The van der Waals surface area contributed by atoms with Crippen LogP contribution in [0.2, 0.25) is 0 Å². The van der Waals surface area contributed by atoms with Crippen molar-refractivity contribution in [2.24, 2.45) is 17.1 Å². The molecule has 1 aromatic rings. The van der Waals surface area contributed by atoms with E-state index in [1.165, 1.54) is 24.9 Å². The van der Waals surface area contributed by atoms with E-state index in [1.807, 2.05) is 18.2 Å². The van der Waals surface area contributed by atoms with Gasteiger partial charge in [-0.05, 0) is 63.0 Å². The zero-order valence-corrected chi connectivity index (χ0v) is 21.3. The van der Waals surface area contributed by atoms with Crippen LogP contribution in [0.3, 0.4) is 0 Å². The van der Waals surface area contributed by atoms with Gasteiger partial charge in [-0.3, -0.25) is 9.59 Å². The van der Waals surface area contributed by atoms with Crippen LogP contribution in [0.5, 0.6) is 0 Å². The third kappa shape index (κ3) is 7.28. The Kier molecular flexibility index (Phi) is 9.58. The first-order valence-corrected chi connectivity index (χ1v) is 13.7. The summed E-state index contributed by atoms with van der Waals surface area (Å²) in [6.45, 7) is 8.62. The zero-order chi connectivity index (χ0) is 24.5. The molecular weight excluding hydrogens is 440 g/mol. The summed E-state index contributed by atoms with van der Waals surface area (Å²) in [5.74, 6) is 0.163. The lowest BCUT2D eigenvalue weighted by atomic mass is 9.83. The Balaban J connectivity index is 1.25. The van der Waals surface area contributed by atoms with Crippen LogP contribution in [0.15, 0.2) is 30.3 Å². The lowest BCUT2D eigenvalue weighted by Gasteiger charge is -2.37. The highest BCUT2D eigenvalue weighted by molar-refractivity contribution is 6.04. The van der Waals surface area contributed by atoms with Crippen LogP contribution in [-0.2, 0) is 20.7 Å². The maximum Gasteiger partial charge on any atom is 0.235 e. The Morgan fingerprint density at radius 3 is 2.34 bits per heavy atom. The number of ether oxygens (including phenoxy) is 1. The van der Waals surface area contributed by atoms with Crippen molar-refractivity contribution in [2.75, 3.05) is 52.5 Å². The van der Waals surface area contributed by atoms with Gasteiger partial charge in [0.1, 0.15) is 5.41 Å². The summed E-state index contributed by atoms with van der Waals surface area (Å²) < 4.78 is 5.50. The molecule has 194 valence electrons. The number of hydrogen-bond acceptors (Lipinski definition) is 5. The number of primary amides is 1. The molecule has 35 heavy (non-hydrogen) atoms. The van der Waals surface area contributed by atoms with Crippen molar-refractivity contribution in [1.29, 1.82) is 0 Å². The minimum Gasteiger partial charge on any atom is -0.381 e. The smallest absolute Gasteiger partial charge is 0.235 e. The molecule has 2 heterocycles. The highest BCUT2D eigenvalue weighted by Gasteiger charge is 2.47. The highest BCUT2D eigenvalue weighted by Crippen LogP contribution is 2.38. The summed E-state index contributed by atoms with van der Waals surface area (Å²) >= 11 is 0. The molecule has 0 radical (unpaired) electrons. The van der Waals surface area contributed by atoms with Crippen LogP contribution in [0, 0.1) is 11.3 Å². The second kappa shape index (κ2) is 12.8. The molecule has 0 spiro atoms. The Morgan fingerprint density at radius 1 is 1.03 bits per heavy atom. The molecule has 1 saturated carbocycles. The van der Waals surface area contributed by atoms with Crippen LogP contribution >= 0.6 is 0 Å². The van der Waals surface area contributed by atoms with Gasteiger partial charge in [0.05, 0.1) is 0 Å². The molecule has 7 heteroatoms. The summed E-state index contributed by atoms with van der Waals surface area (Å²) in [4.78, 5) is 30.6. The molecule has 3 fully saturated rings.